The van der Waals surface area contributed by atoms with Crippen LogP contribution in [0, 0.1) is 5.41 Å². The molecule has 4 nitrogen and oxygen atoms in total. The molecule has 3 N–H and O–H groups in total. The Balaban J connectivity index is 4.07. The van der Waals surface area contributed by atoms with Gasteiger partial charge in [-0.05, 0) is 19.5 Å². The molecule has 4 heteroatoms. The Bertz CT molecular complexity index is 184. The summed E-state index contributed by atoms with van der Waals surface area (Å²) in [4.78, 5) is 13.2. The summed E-state index contributed by atoms with van der Waals surface area (Å²) in [5, 5.41) is 3.17. The third-order valence-electron chi connectivity index (χ3n) is 2.06. The number of carbonyl (C=O) groups is 1. The molecule has 1 atom stereocenters. The molecule has 0 bridgehead atoms. The van der Waals surface area contributed by atoms with Crippen LogP contribution in [0.15, 0.2) is 0 Å². The first-order chi connectivity index (χ1) is 6.25. The highest BCUT2D eigenvalue weighted by molar-refractivity contribution is 5.80. The molecular weight excluding hydrogens is 178 g/mol. The van der Waals surface area contributed by atoms with Crippen LogP contribution in [-0.4, -0.2) is 44.0 Å². The number of nitrogens with two attached hydrogens (primary N) is 1. The number of hydrogen-bond acceptors (Lipinski definition) is 3. The van der Waals surface area contributed by atoms with Gasteiger partial charge in [-0.15, -0.1) is 0 Å². The lowest BCUT2D eigenvalue weighted by molar-refractivity contribution is -0.122. The third-order valence-corrected chi connectivity index (χ3v) is 2.06. The summed E-state index contributed by atoms with van der Waals surface area (Å²) in [7, 11) is 4.00. The van der Waals surface area contributed by atoms with Crippen molar-refractivity contribution in [3.63, 3.8) is 0 Å². The number of amides is 1. The van der Waals surface area contributed by atoms with Crippen molar-refractivity contribution in [2.75, 3.05) is 27.2 Å². The summed E-state index contributed by atoms with van der Waals surface area (Å²) < 4.78 is 0. The van der Waals surface area contributed by atoms with Gasteiger partial charge >= 0.3 is 0 Å². The number of rotatable bonds is 5. The maximum atomic E-state index is 11.2. The van der Waals surface area contributed by atoms with Gasteiger partial charge in [-0.2, -0.15) is 0 Å². The van der Waals surface area contributed by atoms with Gasteiger partial charge in [0.15, 0.2) is 0 Å². The number of primary amides is 1. The van der Waals surface area contributed by atoms with Crippen LogP contribution in [0.2, 0.25) is 0 Å². The molecule has 0 aliphatic rings. The number of carbonyl (C=O) groups excluding carboxylic acids is 1. The SMILES string of the molecule is CN(C)CCNC(C(N)=O)C(C)(C)C. The van der Waals surface area contributed by atoms with Crippen molar-refractivity contribution in [2.45, 2.75) is 26.8 Å². The van der Waals surface area contributed by atoms with Crippen molar-refractivity contribution in [2.24, 2.45) is 11.1 Å². The van der Waals surface area contributed by atoms with E-state index in [-0.39, 0.29) is 17.4 Å². The van der Waals surface area contributed by atoms with Gasteiger partial charge in [0.05, 0.1) is 6.04 Å². The molecule has 1 amide bonds. The average molecular weight is 201 g/mol. The summed E-state index contributed by atoms with van der Waals surface area (Å²) >= 11 is 0. The van der Waals surface area contributed by atoms with E-state index in [4.69, 9.17) is 5.73 Å². The summed E-state index contributed by atoms with van der Waals surface area (Å²) in [6, 6.07) is -0.262. The normalized spacial score (nSPS) is 14.4. The lowest BCUT2D eigenvalue weighted by atomic mass is 9.86. The molecule has 0 saturated heterocycles. The minimum Gasteiger partial charge on any atom is -0.368 e. The van der Waals surface area contributed by atoms with Gasteiger partial charge in [-0.1, -0.05) is 20.8 Å². The van der Waals surface area contributed by atoms with Crippen LogP contribution in [0.25, 0.3) is 0 Å². The second-order valence-electron chi connectivity index (χ2n) is 4.96. The third kappa shape index (κ3) is 5.19. The zero-order valence-electron chi connectivity index (χ0n) is 9.92. The molecule has 1 unspecified atom stereocenters. The fraction of sp³-hybridized carbons (Fsp3) is 0.900. The topological polar surface area (TPSA) is 58.4 Å². The minimum absolute atomic E-state index is 0.127. The Morgan fingerprint density at radius 1 is 1.43 bits per heavy atom. The maximum absolute atomic E-state index is 11.2. The van der Waals surface area contributed by atoms with E-state index in [9.17, 15) is 4.79 Å². The van der Waals surface area contributed by atoms with Crippen LogP contribution in [0.1, 0.15) is 20.8 Å². The lowest BCUT2D eigenvalue weighted by Gasteiger charge is -2.29. The number of nitrogens with one attached hydrogen (secondary N) is 1. The van der Waals surface area contributed by atoms with E-state index in [1.54, 1.807) is 0 Å². The van der Waals surface area contributed by atoms with Gasteiger partial charge in [-0.25, -0.2) is 0 Å². The molecule has 0 radical (unpaired) electrons. The van der Waals surface area contributed by atoms with E-state index in [1.807, 2.05) is 34.9 Å². The molecule has 0 aromatic heterocycles. The van der Waals surface area contributed by atoms with Crippen LogP contribution in [-0.2, 0) is 4.79 Å². The second-order valence-corrected chi connectivity index (χ2v) is 4.96. The molecule has 0 spiro atoms. The standard InChI is InChI=1S/C10H23N3O/c1-10(2,3)8(9(11)14)12-6-7-13(4)5/h8,12H,6-7H2,1-5H3,(H2,11,14). The van der Waals surface area contributed by atoms with Gasteiger partial charge in [0.1, 0.15) is 0 Å². The Hall–Kier alpha value is -0.610. The molecule has 84 valence electrons. The minimum atomic E-state index is -0.281. The zero-order chi connectivity index (χ0) is 11.4. The van der Waals surface area contributed by atoms with Crippen molar-refractivity contribution >= 4 is 5.91 Å². The van der Waals surface area contributed by atoms with Crippen molar-refractivity contribution < 1.29 is 4.79 Å². The van der Waals surface area contributed by atoms with Gasteiger partial charge < -0.3 is 16.0 Å². The molecular formula is C10H23N3O. The van der Waals surface area contributed by atoms with Gasteiger partial charge in [0.25, 0.3) is 0 Å². The Morgan fingerprint density at radius 2 is 1.93 bits per heavy atom. The van der Waals surface area contributed by atoms with E-state index in [0.29, 0.717) is 0 Å². The van der Waals surface area contributed by atoms with Crippen molar-refractivity contribution in [1.82, 2.24) is 10.2 Å². The molecule has 0 aromatic carbocycles. The highest BCUT2D eigenvalue weighted by Crippen LogP contribution is 2.18. The van der Waals surface area contributed by atoms with Gasteiger partial charge in [0.2, 0.25) is 5.91 Å². The van der Waals surface area contributed by atoms with Crippen LogP contribution in [0.5, 0.6) is 0 Å². The predicted octanol–water partition coefficient (Wildman–Crippen LogP) is 0.0376. The van der Waals surface area contributed by atoms with E-state index in [1.165, 1.54) is 0 Å². The smallest absolute Gasteiger partial charge is 0.235 e. The maximum Gasteiger partial charge on any atom is 0.235 e. The lowest BCUT2D eigenvalue weighted by Crippen LogP contribution is -2.51. The fourth-order valence-electron chi connectivity index (χ4n) is 1.27. The van der Waals surface area contributed by atoms with E-state index in [0.717, 1.165) is 13.1 Å². The molecule has 0 heterocycles. The van der Waals surface area contributed by atoms with Crippen LogP contribution >= 0.6 is 0 Å². The molecule has 0 rings (SSSR count). The summed E-state index contributed by atoms with van der Waals surface area (Å²) in [6.07, 6.45) is 0. The molecule has 0 aliphatic heterocycles. The van der Waals surface area contributed by atoms with E-state index >= 15 is 0 Å². The number of hydrogen-bond donors (Lipinski definition) is 2. The first-order valence-electron chi connectivity index (χ1n) is 4.92. The van der Waals surface area contributed by atoms with Crippen molar-refractivity contribution in [1.29, 1.82) is 0 Å². The van der Waals surface area contributed by atoms with Crippen LogP contribution in [0.3, 0.4) is 0 Å². The average Bonchev–Trinajstić information content (AvgIpc) is 1.94. The van der Waals surface area contributed by atoms with Crippen LogP contribution < -0.4 is 11.1 Å². The fourth-order valence-corrected chi connectivity index (χ4v) is 1.27. The largest absolute Gasteiger partial charge is 0.368 e. The summed E-state index contributed by atoms with van der Waals surface area (Å²) in [5.41, 5.74) is 5.20. The molecule has 0 fully saturated rings. The zero-order valence-corrected chi connectivity index (χ0v) is 9.92. The van der Waals surface area contributed by atoms with Gasteiger partial charge in [-0.3, -0.25) is 4.79 Å². The van der Waals surface area contributed by atoms with Crippen molar-refractivity contribution in [3.8, 4) is 0 Å². The summed E-state index contributed by atoms with van der Waals surface area (Å²) in [5.74, 6) is -0.281. The molecule has 14 heavy (non-hydrogen) atoms. The Labute approximate surface area is 86.8 Å². The van der Waals surface area contributed by atoms with Gasteiger partial charge in [0, 0.05) is 13.1 Å². The number of likely N-dealkylation sites (N-methyl/N-ethyl adjacent to an activating group) is 1. The summed E-state index contributed by atoms with van der Waals surface area (Å²) in [6.45, 7) is 7.69. The highest BCUT2D eigenvalue weighted by Gasteiger charge is 2.28. The first kappa shape index (κ1) is 13.4. The van der Waals surface area contributed by atoms with Crippen molar-refractivity contribution in [3.05, 3.63) is 0 Å². The second kappa shape index (κ2) is 5.32. The molecule has 0 aromatic rings. The van der Waals surface area contributed by atoms with Crippen LogP contribution in [0.4, 0.5) is 0 Å². The Morgan fingerprint density at radius 3 is 2.21 bits per heavy atom. The highest BCUT2D eigenvalue weighted by atomic mass is 16.1. The Kier molecular flexibility index (Phi) is 5.08. The first-order valence-corrected chi connectivity index (χ1v) is 4.92. The quantitative estimate of drug-likeness (QED) is 0.660. The predicted molar refractivity (Wildman–Crippen MR) is 59.0 cm³/mol. The van der Waals surface area contributed by atoms with E-state index in [2.05, 4.69) is 10.2 Å². The molecule has 0 aliphatic carbocycles. The monoisotopic (exact) mass is 201 g/mol. The number of nitrogens with zero attached hydrogens (tertiary/aromatic N) is 1. The molecule has 0 saturated carbocycles. The van der Waals surface area contributed by atoms with E-state index < -0.39 is 0 Å².